The Bertz CT molecular complexity index is 1180. The molecule has 1 N–H and O–H groups in total. The second-order valence-electron chi connectivity index (χ2n) is 7.34. The molecule has 8 nitrogen and oxygen atoms in total. The van der Waals surface area contributed by atoms with Crippen LogP contribution in [0.15, 0.2) is 51.9 Å². The molecule has 1 aliphatic heterocycles. The van der Waals surface area contributed by atoms with E-state index in [-0.39, 0.29) is 17.6 Å². The highest BCUT2D eigenvalue weighted by Gasteiger charge is 2.19. The number of fused-ring (bicyclic) bond motifs is 1. The standard InChI is InChI=1S/C24H26N2O6/c1-28-16-9-10-20(29-2)19(13-16)26-24-18(23(27)25-14-17-7-5-11-31-17)12-15-6-4-8-21(30-3)22(15)32-24/h4,6,8-10,12-13,17H,5,7,11,14H2,1-3H3,(H,25,27)/t17-/m1/s1. The molecule has 0 bridgehead atoms. The number of amides is 1. The van der Waals surface area contributed by atoms with Crippen molar-refractivity contribution in [1.29, 1.82) is 0 Å². The molecule has 8 heteroatoms. The van der Waals surface area contributed by atoms with Crippen molar-refractivity contribution in [2.24, 2.45) is 4.99 Å². The zero-order valence-electron chi connectivity index (χ0n) is 18.3. The van der Waals surface area contributed by atoms with Crippen molar-refractivity contribution >= 4 is 22.6 Å². The summed E-state index contributed by atoms with van der Waals surface area (Å²) >= 11 is 0. The van der Waals surface area contributed by atoms with Gasteiger partial charge in [0.15, 0.2) is 11.3 Å². The van der Waals surface area contributed by atoms with E-state index in [1.807, 2.05) is 12.1 Å². The number of benzene rings is 2. The zero-order valence-corrected chi connectivity index (χ0v) is 18.3. The number of rotatable bonds is 7. The van der Waals surface area contributed by atoms with Crippen molar-refractivity contribution in [3.05, 3.63) is 53.6 Å². The number of carbonyl (C=O) groups is 1. The Hall–Kier alpha value is -3.52. The summed E-state index contributed by atoms with van der Waals surface area (Å²) in [6.07, 6.45) is 1.95. The Morgan fingerprint density at radius 1 is 1.09 bits per heavy atom. The van der Waals surface area contributed by atoms with Gasteiger partial charge in [0.25, 0.3) is 5.91 Å². The van der Waals surface area contributed by atoms with Crippen molar-refractivity contribution in [2.45, 2.75) is 18.9 Å². The summed E-state index contributed by atoms with van der Waals surface area (Å²) < 4.78 is 27.9. The second-order valence-corrected chi connectivity index (χ2v) is 7.34. The van der Waals surface area contributed by atoms with Gasteiger partial charge in [-0.2, -0.15) is 0 Å². The van der Waals surface area contributed by atoms with E-state index in [1.165, 1.54) is 0 Å². The van der Waals surface area contributed by atoms with Crippen molar-refractivity contribution < 1.29 is 28.2 Å². The maximum Gasteiger partial charge on any atom is 0.256 e. The highest BCUT2D eigenvalue weighted by atomic mass is 16.5. The number of nitrogens with zero attached hydrogens (tertiary/aromatic N) is 1. The summed E-state index contributed by atoms with van der Waals surface area (Å²) in [5.41, 5.74) is 1.40. The number of methoxy groups -OCH3 is 3. The summed E-state index contributed by atoms with van der Waals surface area (Å²) in [7, 11) is 4.69. The number of ether oxygens (including phenoxy) is 4. The van der Waals surface area contributed by atoms with Crippen LogP contribution in [-0.4, -0.2) is 46.5 Å². The number of hydrogen-bond acceptors (Lipinski definition) is 7. The van der Waals surface area contributed by atoms with Gasteiger partial charge < -0.3 is 28.7 Å². The van der Waals surface area contributed by atoms with Crippen LogP contribution in [0.4, 0.5) is 5.69 Å². The largest absolute Gasteiger partial charge is 0.497 e. The maximum absolute atomic E-state index is 13.1. The number of nitrogens with one attached hydrogen (secondary N) is 1. The maximum atomic E-state index is 13.1. The van der Waals surface area contributed by atoms with Crippen LogP contribution in [-0.2, 0) is 4.74 Å². The van der Waals surface area contributed by atoms with Crippen LogP contribution in [0.2, 0.25) is 0 Å². The van der Waals surface area contributed by atoms with Crippen LogP contribution >= 0.6 is 0 Å². The van der Waals surface area contributed by atoms with E-state index >= 15 is 0 Å². The number of para-hydroxylation sites is 1. The highest BCUT2D eigenvalue weighted by Crippen LogP contribution is 2.31. The van der Waals surface area contributed by atoms with Crippen LogP contribution < -0.4 is 25.1 Å². The average molecular weight is 438 g/mol. The first-order chi connectivity index (χ1) is 15.6. The fraction of sp³-hybridized carbons (Fsp3) is 0.333. The smallest absolute Gasteiger partial charge is 0.256 e. The minimum absolute atomic E-state index is 0.0234. The van der Waals surface area contributed by atoms with Crippen LogP contribution in [0.25, 0.3) is 11.0 Å². The van der Waals surface area contributed by atoms with Gasteiger partial charge >= 0.3 is 0 Å². The minimum atomic E-state index is -0.297. The average Bonchev–Trinajstić information content (AvgIpc) is 3.35. The molecule has 0 radical (unpaired) electrons. The fourth-order valence-corrected chi connectivity index (χ4v) is 3.63. The lowest BCUT2D eigenvalue weighted by atomic mass is 10.1. The third-order valence-electron chi connectivity index (χ3n) is 5.33. The quantitative estimate of drug-likeness (QED) is 0.606. The first kappa shape index (κ1) is 21.7. The van der Waals surface area contributed by atoms with Crippen molar-refractivity contribution in [3.8, 4) is 17.2 Å². The molecule has 0 spiro atoms. The molecule has 32 heavy (non-hydrogen) atoms. The van der Waals surface area contributed by atoms with Crippen LogP contribution in [0, 0.1) is 0 Å². The molecule has 2 aromatic carbocycles. The summed E-state index contributed by atoms with van der Waals surface area (Å²) in [5, 5.41) is 3.67. The molecule has 1 amide bonds. The van der Waals surface area contributed by atoms with Gasteiger partial charge in [-0.15, -0.1) is 0 Å². The van der Waals surface area contributed by atoms with E-state index in [2.05, 4.69) is 10.3 Å². The van der Waals surface area contributed by atoms with Gasteiger partial charge in [-0.1, -0.05) is 12.1 Å². The predicted octanol–water partition coefficient (Wildman–Crippen LogP) is 3.60. The third-order valence-corrected chi connectivity index (χ3v) is 5.33. The van der Waals surface area contributed by atoms with Gasteiger partial charge in [0.1, 0.15) is 22.7 Å². The van der Waals surface area contributed by atoms with E-state index in [4.69, 9.17) is 23.4 Å². The number of hydrogen-bond donors (Lipinski definition) is 1. The topological polar surface area (TPSA) is 91.5 Å². The molecule has 1 aromatic heterocycles. The first-order valence-electron chi connectivity index (χ1n) is 10.4. The highest BCUT2D eigenvalue weighted by molar-refractivity contribution is 5.97. The fourth-order valence-electron chi connectivity index (χ4n) is 3.63. The Morgan fingerprint density at radius 2 is 1.94 bits per heavy atom. The van der Waals surface area contributed by atoms with Crippen LogP contribution in [0.3, 0.4) is 0 Å². The van der Waals surface area contributed by atoms with Crippen molar-refractivity contribution in [2.75, 3.05) is 34.5 Å². The summed E-state index contributed by atoms with van der Waals surface area (Å²) in [4.78, 5) is 17.7. The molecule has 0 aliphatic carbocycles. The van der Waals surface area contributed by atoms with Gasteiger partial charge in [0.05, 0.1) is 27.4 Å². The van der Waals surface area contributed by atoms with Gasteiger partial charge in [-0.05, 0) is 37.1 Å². The van der Waals surface area contributed by atoms with E-state index in [0.717, 1.165) is 24.8 Å². The van der Waals surface area contributed by atoms with Crippen molar-refractivity contribution in [1.82, 2.24) is 5.32 Å². The van der Waals surface area contributed by atoms with Crippen molar-refractivity contribution in [3.63, 3.8) is 0 Å². The van der Waals surface area contributed by atoms with Gasteiger partial charge in [0.2, 0.25) is 5.55 Å². The molecule has 0 unspecified atom stereocenters. The molecule has 3 aromatic rings. The summed E-state index contributed by atoms with van der Waals surface area (Å²) in [6.45, 7) is 1.15. The predicted molar refractivity (Wildman–Crippen MR) is 119 cm³/mol. The minimum Gasteiger partial charge on any atom is -0.497 e. The molecular formula is C24H26N2O6. The zero-order chi connectivity index (χ0) is 22.5. The van der Waals surface area contributed by atoms with E-state index < -0.39 is 0 Å². The Balaban J connectivity index is 1.84. The van der Waals surface area contributed by atoms with E-state index in [0.29, 0.717) is 40.6 Å². The van der Waals surface area contributed by atoms with E-state index in [9.17, 15) is 4.79 Å². The Kier molecular flexibility index (Phi) is 6.61. The lowest BCUT2D eigenvalue weighted by Gasteiger charge is -2.12. The molecular weight excluding hydrogens is 412 g/mol. The Labute approximate surface area is 185 Å². The molecule has 4 rings (SSSR count). The lowest BCUT2D eigenvalue weighted by molar-refractivity contribution is 0.0854. The van der Waals surface area contributed by atoms with Crippen LogP contribution in [0.1, 0.15) is 23.2 Å². The second kappa shape index (κ2) is 9.74. The van der Waals surface area contributed by atoms with Crippen LogP contribution in [0.5, 0.6) is 17.2 Å². The molecule has 0 saturated carbocycles. The first-order valence-corrected chi connectivity index (χ1v) is 10.4. The van der Waals surface area contributed by atoms with Gasteiger partial charge in [-0.25, -0.2) is 4.99 Å². The molecule has 2 heterocycles. The summed E-state index contributed by atoms with van der Waals surface area (Å²) in [5.74, 6) is 1.37. The van der Waals surface area contributed by atoms with E-state index in [1.54, 1.807) is 51.7 Å². The third kappa shape index (κ3) is 4.55. The summed E-state index contributed by atoms with van der Waals surface area (Å²) in [6, 6.07) is 12.5. The van der Waals surface area contributed by atoms with Gasteiger partial charge in [0, 0.05) is 24.6 Å². The molecule has 168 valence electrons. The molecule has 1 fully saturated rings. The monoisotopic (exact) mass is 438 g/mol. The van der Waals surface area contributed by atoms with Gasteiger partial charge in [-0.3, -0.25) is 4.79 Å². The normalized spacial score (nSPS) is 16.2. The number of carbonyl (C=O) groups excluding carboxylic acids is 1. The lowest BCUT2D eigenvalue weighted by Crippen LogP contribution is -2.34. The molecule has 1 saturated heterocycles. The Morgan fingerprint density at radius 3 is 2.66 bits per heavy atom. The molecule has 1 atom stereocenters. The SMILES string of the molecule is COc1ccc(OC)c(N=c2oc3c(OC)cccc3cc2C(=O)NC[C@H]2CCCO2)c1. The molecule has 1 aliphatic rings.